The smallest absolute Gasteiger partial charge is 0.414 e. The Balaban J connectivity index is 1.22. The molecule has 12 nitrogen and oxygen atoms in total. The van der Waals surface area contributed by atoms with Gasteiger partial charge in [0.25, 0.3) is 0 Å². The first kappa shape index (κ1) is 32.0. The summed E-state index contributed by atoms with van der Waals surface area (Å²) in [6.45, 7) is 9.03. The van der Waals surface area contributed by atoms with Crippen LogP contribution in [0.1, 0.15) is 45.6 Å². The van der Waals surface area contributed by atoms with Crippen molar-refractivity contribution in [3.8, 4) is 11.6 Å². The molecule has 0 unspecified atom stereocenters. The molecule has 1 saturated heterocycles. The number of cyclic esters (lactones) is 1. The van der Waals surface area contributed by atoms with Gasteiger partial charge in [0.1, 0.15) is 35.4 Å². The Morgan fingerprint density at radius 3 is 2.84 bits per heavy atom. The van der Waals surface area contributed by atoms with Crippen LogP contribution in [0, 0.1) is 5.82 Å². The van der Waals surface area contributed by atoms with Gasteiger partial charge in [0, 0.05) is 43.5 Å². The lowest BCUT2D eigenvalue weighted by atomic mass is 10.1. The first-order valence-electron chi connectivity index (χ1n) is 15.3. The fraction of sp³-hybridized carbons (Fsp3) is 0.500. The van der Waals surface area contributed by atoms with Gasteiger partial charge < -0.3 is 29.6 Å². The minimum Gasteiger partial charge on any atom is -0.490 e. The fourth-order valence-corrected chi connectivity index (χ4v) is 5.36. The minimum absolute atomic E-state index is 0.276. The van der Waals surface area contributed by atoms with E-state index >= 15 is 4.39 Å². The summed E-state index contributed by atoms with van der Waals surface area (Å²) in [5.41, 5.74) is 2.45. The van der Waals surface area contributed by atoms with E-state index < -0.39 is 17.5 Å². The van der Waals surface area contributed by atoms with Crippen LogP contribution in [0.4, 0.5) is 25.4 Å². The summed E-state index contributed by atoms with van der Waals surface area (Å²) in [4.78, 5) is 37.3. The second kappa shape index (κ2) is 14.1. The number of amides is 2. The van der Waals surface area contributed by atoms with Crippen molar-refractivity contribution in [1.82, 2.24) is 20.2 Å². The molecular formula is C32H41FN6O6. The number of aromatic nitrogens is 2. The summed E-state index contributed by atoms with van der Waals surface area (Å²) < 4.78 is 37.1. The number of benzene rings is 1. The molecule has 2 amide bonds. The number of hydrogen-bond acceptors (Lipinski definition) is 10. The first-order chi connectivity index (χ1) is 21.6. The first-order valence-corrected chi connectivity index (χ1v) is 15.3. The van der Waals surface area contributed by atoms with Crippen LogP contribution in [0.2, 0.25) is 0 Å². The molecule has 3 aromatic rings. The van der Waals surface area contributed by atoms with Crippen LogP contribution in [0.3, 0.4) is 0 Å². The van der Waals surface area contributed by atoms with Gasteiger partial charge >= 0.3 is 12.2 Å². The summed E-state index contributed by atoms with van der Waals surface area (Å²) in [6, 6.07) is 9.07. The normalized spacial score (nSPS) is 16.2. The molecule has 2 N–H and O–H groups in total. The molecule has 2 aliphatic rings. The zero-order valence-electron chi connectivity index (χ0n) is 26.2. The molecule has 1 atom stereocenters. The van der Waals surface area contributed by atoms with E-state index in [1.807, 2.05) is 39.0 Å². The molecule has 0 bridgehead atoms. The lowest BCUT2D eigenvalue weighted by Crippen LogP contribution is -2.35. The van der Waals surface area contributed by atoms with E-state index in [2.05, 4.69) is 25.5 Å². The van der Waals surface area contributed by atoms with E-state index in [0.717, 1.165) is 17.1 Å². The van der Waals surface area contributed by atoms with Crippen molar-refractivity contribution in [1.29, 1.82) is 0 Å². The highest BCUT2D eigenvalue weighted by Crippen LogP contribution is 2.33. The SMILES string of the molecule is COc1ccc2ncc(F)c(CN(CCCNC(=O)OC(C)(C)C)CCC[C@@H]3CN(c4ccc5c(c4)NCCO5)C(=O)O3)c2n1. The highest BCUT2D eigenvalue weighted by atomic mass is 19.1. The van der Waals surface area contributed by atoms with Crippen molar-refractivity contribution in [2.75, 3.05) is 56.7 Å². The Hall–Kier alpha value is -4.39. The fourth-order valence-electron chi connectivity index (χ4n) is 5.36. The predicted octanol–water partition coefficient (Wildman–Crippen LogP) is 5.10. The van der Waals surface area contributed by atoms with Gasteiger partial charge in [-0.3, -0.25) is 14.8 Å². The van der Waals surface area contributed by atoms with Crippen LogP contribution < -0.4 is 25.0 Å². The standard InChI is InChI=1S/C32H41FN6O6/c1-32(2,3)45-30(40)35-12-6-15-38(20-23-24(33)18-36-25-9-11-28(42-4)37-29(23)25)14-5-7-22-19-39(31(41)44-22)21-8-10-27-26(17-21)34-13-16-43-27/h8-11,17-18,22,34H,5-7,12-16,19-20H2,1-4H3,(H,35,40)/t22-/m1/s1. The van der Waals surface area contributed by atoms with Crippen LogP contribution >= 0.6 is 0 Å². The second-order valence-electron chi connectivity index (χ2n) is 12.1. The van der Waals surface area contributed by atoms with Crippen LogP contribution in [0.15, 0.2) is 36.5 Å². The Kier molecular flexibility index (Phi) is 10.1. The van der Waals surface area contributed by atoms with E-state index in [9.17, 15) is 9.59 Å². The minimum atomic E-state index is -0.589. The molecule has 0 aliphatic carbocycles. The largest absolute Gasteiger partial charge is 0.490 e. The van der Waals surface area contributed by atoms with E-state index in [1.165, 1.54) is 13.3 Å². The molecule has 2 aliphatic heterocycles. The maximum absolute atomic E-state index is 15.2. The maximum Gasteiger partial charge on any atom is 0.414 e. The zero-order valence-corrected chi connectivity index (χ0v) is 26.2. The molecule has 242 valence electrons. The molecule has 1 aromatic carbocycles. The van der Waals surface area contributed by atoms with Crippen LogP contribution in [-0.4, -0.2) is 85.2 Å². The number of carbonyl (C=O) groups excluding carboxylic acids is 2. The number of nitrogens with zero attached hydrogens (tertiary/aromatic N) is 4. The van der Waals surface area contributed by atoms with Crippen molar-refractivity contribution >= 4 is 34.6 Å². The van der Waals surface area contributed by atoms with Crippen molar-refractivity contribution in [2.45, 2.75) is 58.3 Å². The number of fused-ring (bicyclic) bond motifs is 2. The molecule has 4 heterocycles. The van der Waals surface area contributed by atoms with Crippen LogP contribution in [0.25, 0.3) is 11.0 Å². The van der Waals surface area contributed by atoms with Crippen molar-refractivity contribution in [3.05, 3.63) is 47.9 Å². The number of halogens is 1. The van der Waals surface area contributed by atoms with E-state index in [0.29, 0.717) is 81.1 Å². The molecule has 0 saturated carbocycles. The molecule has 45 heavy (non-hydrogen) atoms. The summed E-state index contributed by atoms with van der Waals surface area (Å²) in [5.74, 6) is 0.687. The van der Waals surface area contributed by atoms with Gasteiger partial charge in [-0.2, -0.15) is 0 Å². The lowest BCUT2D eigenvalue weighted by Gasteiger charge is -2.24. The monoisotopic (exact) mass is 624 g/mol. The number of rotatable bonds is 12. The van der Waals surface area contributed by atoms with Crippen LogP contribution in [0.5, 0.6) is 11.6 Å². The van der Waals surface area contributed by atoms with Gasteiger partial charge in [-0.05, 0) is 70.8 Å². The molecule has 2 aromatic heterocycles. The number of ether oxygens (including phenoxy) is 4. The number of hydrogen-bond donors (Lipinski definition) is 2. The van der Waals surface area contributed by atoms with Crippen molar-refractivity contribution < 1.29 is 32.9 Å². The third-order valence-corrected chi connectivity index (χ3v) is 7.47. The number of methoxy groups -OCH3 is 1. The van der Waals surface area contributed by atoms with Crippen molar-refractivity contribution in [3.63, 3.8) is 0 Å². The third-order valence-electron chi connectivity index (χ3n) is 7.47. The van der Waals surface area contributed by atoms with Gasteiger partial charge in [0.05, 0.1) is 31.1 Å². The molecule has 1 fully saturated rings. The van der Waals surface area contributed by atoms with Gasteiger partial charge in [-0.1, -0.05) is 0 Å². The summed E-state index contributed by atoms with van der Waals surface area (Å²) in [7, 11) is 1.51. The number of nitrogens with one attached hydrogen (secondary N) is 2. The Labute approximate surface area is 262 Å². The Bertz CT molecular complexity index is 1520. The van der Waals surface area contributed by atoms with E-state index in [4.69, 9.17) is 18.9 Å². The second-order valence-corrected chi connectivity index (χ2v) is 12.1. The highest BCUT2D eigenvalue weighted by Gasteiger charge is 2.32. The highest BCUT2D eigenvalue weighted by molar-refractivity contribution is 5.91. The molecule has 13 heteroatoms. The molecule has 5 rings (SSSR count). The van der Waals surface area contributed by atoms with Gasteiger partial charge in [-0.15, -0.1) is 0 Å². The number of anilines is 2. The number of pyridine rings is 2. The summed E-state index contributed by atoms with van der Waals surface area (Å²) in [5, 5.41) is 6.08. The summed E-state index contributed by atoms with van der Waals surface area (Å²) >= 11 is 0. The molecular weight excluding hydrogens is 583 g/mol. The average molecular weight is 625 g/mol. The maximum atomic E-state index is 15.2. The van der Waals surface area contributed by atoms with Gasteiger partial charge in [-0.25, -0.2) is 19.0 Å². The predicted molar refractivity (Wildman–Crippen MR) is 167 cm³/mol. The lowest BCUT2D eigenvalue weighted by molar-refractivity contribution is 0.0525. The number of carbonyl (C=O) groups is 2. The van der Waals surface area contributed by atoms with Gasteiger partial charge in [0.2, 0.25) is 5.88 Å². The summed E-state index contributed by atoms with van der Waals surface area (Å²) in [6.07, 6.45) is 2.02. The Morgan fingerprint density at radius 1 is 1.22 bits per heavy atom. The zero-order chi connectivity index (χ0) is 32.0. The Morgan fingerprint density at radius 2 is 2.04 bits per heavy atom. The van der Waals surface area contributed by atoms with E-state index in [-0.39, 0.29) is 18.7 Å². The van der Waals surface area contributed by atoms with E-state index in [1.54, 1.807) is 17.0 Å². The third kappa shape index (κ3) is 8.41. The number of alkyl carbamates (subject to hydrolysis) is 1. The van der Waals surface area contributed by atoms with Crippen LogP contribution in [-0.2, 0) is 16.0 Å². The van der Waals surface area contributed by atoms with Gasteiger partial charge in [0.15, 0.2) is 0 Å². The molecule has 0 spiro atoms. The topological polar surface area (TPSA) is 127 Å². The molecule has 0 radical (unpaired) electrons. The average Bonchev–Trinajstić information content (AvgIpc) is 3.38. The quantitative estimate of drug-likeness (QED) is 0.263. The van der Waals surface area contributed by atoms with Crippen molar-refractivity contribution in [2.24, 2.45) is 0 Å².